The molecule has 0 amide bonds. The predicted molar refractivity (Wildman–Crippen MR) is 199 cm³/mol. The van der Waals surface area contributed by atoms with Gasteiger partial charge in [0.1, 0.15) is 0 Å². The van der Waals surface area contributed by atoms with Crippen LogP contribution in [0.1, 0.15) is 81.3 Å². The third-order valence-electron chi connectivity index (χ3n) is 6.95. The summed E-state index contributed by atoms with van der Waals surface area (Å²) in [6, 6.07) is 33.4. The molecule has 0 fully saturated rings. The summed E-state index contributed by atoms with van der Waals surface area (Å²) in [6.07, 6.45) is 11.0. The Hall–Kier alpha value is -2.02. The van der Waals surface area contributed by atoms with E-state index >= 15 is 0 Å². The topological polar surface area (TPSA) is 0 Å². The van der Waals surface area contributed by atoms with Crippen LogP contribution in [-0.2, 0) is 41.5 Å². The molecule has 2 aliphatic rings. The summed E-state index contributed by atoms with van der Waals surface area (Å²) < 4.78 is 3.34. The Morgan fingerprint density at radius 2 is 1.31 bits per heavy atom. The van der Waals surface area contributed by atoms with Crippen LogP contribution in [0.2, 0.25) is 5.02 Å². The largest absolute Gasteiger partial charge is 0.184 e. The number of aryl methyl sites for hydroxylation is 2. The zero-order chi connectivity index (χ0) is 32.0. The molecule has 0 radical (unpaired) electrons. The Balaban J connectivity index is 0.000000714. The molecule has 0 unspecified atom stereocenters. The number of halogens is 3. The first-order chi connectivity index (χ1) is 20.4. The van der Waals surface area contributed by atoms with Gasteiger partial charge in [-0.25, -0.2) is 12.2 Å². The molecule has 0 saturated carbocycles. The third-order valence-corrected chi connectivity index (χ3v) is 7.20. The minimum atomic E-state index is 0. The van der Waals surface area contributed by atoms with E-state index in [9.17, 15) is 0 Å². The molecule has 0 saturated heterocycles. The Morgan fingerprint density at radius 3 is 1.69 bits per heavy atom. The monoisotopic (exact) mass is 734 g/mol. The first kappa shape index (κ1) is 43.0. The van der Waals surface area contributed by atoms with E-state index < -0.39 is 0 Å². The average molecular weight is 737 g/mol. The van der Waals surface area contributed by atoms with Crippen molar-refractivity contribution in [2.24, 2.45) is 0 Å². The summed E-state index contributed by atoms with van der Waals surface area (Å²) in [5.74, 6) is 0. The summed E-state index contributed by atoms with van der Waals surface area (Å²) in [4.78, 5) is 0. The van der Waals surface area contributed by atoms with Gasteiger partial charge in [-0.15, -0.1) is 59.5 Å². The Bertz CT molecular complexity index is 1370. The van der Waals surface area contributed by atoms with Crippen LogP contribution in [0.4, 0.5) is 0 Å². The number of allylic oxidation sites excluding steroid dienone is 4. The van der Waals surface area contributed by atoms with Crippen LogP contribution in [0.5, 0.6) is 0 Å². The van der Waals surface area contributed by atoms with Gasteiger partial charge in [0.05, 0.1) is 0 Å². The number of benzene rings is 4. The number of hydrogen-bond donors (Lipinski definition) is 0. The molecule has 4 aromatic rings. The molecule has 0 atom stereocenters. The summed E-state index contributed by atoms with van der Waals surface area (Å²) in [5, 5.41) is 0.763. The van der Waals surface area contributed by atoms with E-state index in [2.05, 4.69) is 108 Å². The van der Waals surface area contributed by atoms with Gasteiger partial charge in [-0.3, -0.25) is 6.08 Å². The Kier molecular flexibility index (Phi) is 20.0. The van der Waals surface area contributed by atoms with Crippen molar-refractivity contribution in [3.63, 3.8) is 0 Å². The second kappa shape index (κ2) is 21.0. The van der Waals surface area contributed by atoms with Crippen LogP contribution in [0.15, 0.2) is 91.0 Å². The van der Waals surface area contributed by atoms with Gasteiger partial charge in [0.2, 0.25) is 0 Å². The van der Waals surface area contributed by atoms with Crippen molar-refractivity contribution < 1.29 is 24.2 Å². The molecule has 0 heterocycles. The smallest absolute Gasteiger partial charge is 0.171 e. The molecule has 4 aromatic carbocycles. The van der Waals surface area contributed by atoms with Crippen molar-refractivity contribution in [3.05, 3.63) is 154 Å². The number of fused-ring (bicyclic) bond motifs is 3. The van der Waals surface area contributed by atoms with Crippen molar-refractivity contribution in [2.45, 2.75) is 79.1 Å². The van der Waals surface area contributed by atoms with Crippen LogP contribution in [0.3, 0.4) is 0 Å². The first-order valence-corrected chi connectivity index (χ1v) is 16.8. The standard InChI is InChI=1S/C23H29.C6H4Cl.C6H5.C5H5.CH2.2ClH.Zr/c1-14-9-16-11-17-10-15(2)21(23(6,7)8)13-19(17)18(16)12-20(14)22(3,4)5;7-6-4-2-1-3-5-6;1-2-4-6-5-3-1;1-2-4-5-3-1;;;;/h9,12-13H,11H2,1-8H3;2-5H;1-5H;1-3H,4H2;1H2;2*1H;/q4*-1;;;;. The van der Waals surface area contributed by atoms with Gasteiger partial charge in [0.15, 0.2) is 0 Å². The molecule has 0 nitrogen and oxygen atoms in total. The second-order valence-corrected chi connectivity index (χ2v) is 12.9. The van der Waals surface area contributed by atoms with Gasteiger partial charge in [0, 0.05) is 0 Å². The second-order valence-electron chi connectivity index (χ2n) is 12.5. The van der Waals surface area contributed by atoms with Crippen molar-refractivity contribution in [2.75, 3.05) is 0 Å². The van der Waals surface area contributed by atoms with E-state index in [0.29, 0.717) is 0 Å². The summed E-state index contributed by atoms with van der Waals surface area (Å²) in [5.41, 5.74) is 11.6. The van der Waals surface area contributed by atoms with Gasteiger partial charge in [-0.1, -0.05) is 76.6 Å². The third kappa shape index (κ3) is 14.1. The SMILES string of the molecule is Cc1[c-]c2c(cc1C(C)(C)C)-c1cc(C(C)(C)C)c(C)cc1C2.Cl.Cl.Clc1cc[c-]cc1.[C-]1=CC=CC1.[CH2]=[Zr].[c-]1ccccc1. The normalized spacial score (nSPS) is 11.6. The van der Waals surface area contributed by atoms with Crippen molar-refractivity contribution in [1.29, 1.82) is 0 Å². The molecule has 0 aromatic heterocycles. The molecule has 2 aliphatic carbocycles. The van der Waals surface area contributed by atoms with Gasteiger partial charge >= 0.3 is 28.4 Å². The van der Waals surface area contributed by atoms with E-state index in [1.165, 1.54) is 68.7 Å². The van der Waals surface area contributed by atoms with Crippen LogP contribution in [0.25, 0.3) is 11.1 Å². The number of hydrogen-bond acceptors (Lipinski definition) is 0. The van der Waals surface area contributed by atoms with E-state index in [-0.39, 0.29) is 35.6 Å². The molecule has 0 bridgehead atoms. The summed E-state index contributed by atoms with van der Waals surface area (Å²) in [7, 11) is 0. The van der Waals surface area contributed by atoms with Crippen molar-refractivity contribution in [1.82, 2.24) is 0 Å². The van der Waals surface area contributed by atoms with Crippen LogP contribution in [-0.4, -0.2) is 4.21 Å². The van der Waals surface area contributed by atoms with Crippen molar-refractivity contribution in [3.8, 4) is 11.1 Å². The summed E-state index contributed by atoms with van der Waals surface area (Å²) >= 11 is 6.82. The molecule has 0 spiro atoms. The fourth-order valence-corrected chi connectivity index (χ4v) is 5.20. The van der Waals surface area contributed by atoms with Gasteiger partial charge in [-0.2, -0.15) is 90.5 Å². The molecular formula is C41H47Cl3Zr-4. The Morgan fingerprint density at radius 1 is 0.756 bits per heavy atom. The summed E-state index contributed by atoms with van der Waals surface area (Å²) in [6.45, 7) is 18.2. The van der Waals surface area contributed by atoms with E-state index in [1.54, 1.807) is 24.3 Å². The van der Waals surface area contributed by atoms with E-state index in [4.69, 9.17) is 11.6 Å². The maximum absolute atomic E-state index is 5.52. The Labute approximate surface area is 306 Å². The molecule has 240 valence electrons. The van der Waals surface area contributed by atoms with Gasteiger partial charge in [-0.05, 0) is 35.4 Å². The average Bonchev–Trinajstić information content (AvgIpc) is 3.66. The molecule has 45 heavy (non-hydrogen) atoms. The van der Waals surface area contributed by atoms with Crippen LogP contribution >= 0.6 is 36.4 Å². The molecule has 6 rings (SSSR count). The minimum absolute atomic E-state index is 0. The van der Waals surface area contributed by atoms with Gasteiger partial charge < -0.3 is 0 Å². The maximum Gasteiger partial charge on any atom is -0.171 e. The zero-order valence-electron chi connectivity index (χ0n) is 28.0. The predicted octanol–water partition coefficient (Wildman–Crippen LogP) is 12.0. The van der Waals surface area contributed by atoms with E-state index in [0.717, 1.165) is 17.9 Å². The number of rotatable bonds is 0. The first-order valence-electron chi connectivity index (χ1n) is 14.7. The molecule has 0 N–H and O–H groups in total. The van der Waals surface area contributed by atoms with Gasteiger partial charge in [0.25, 0.3) is 0 Å². The minimum Gasteiger partial charge on any atom is -0.184 e. The zero-order valence-corrected chi connectivity index (χ0v) is 32.8. The molecular weight excluding hydrogens is 690 g/mol. The van der Waals surface area contributed by atoms with Crippen LogP contribution in [0, 0.1) is 38.1 Å². The fraction of sp³-hybridized carbons (Fsp3) is 0.293. The molecule has 4 heteroatoms. The maximum atomic E-state index is 5.52. The van der Waals surface area contributed by atoms with E-state index in [1.807, 2.05) is 42.5 Å². The fourth-order valence-electron chi connectivity index (χ4n) is 5.07. The molecule has 0 aliphatic heterocycles. The quantitative estimate of drug-likeness (QED) is 0.139. The van der Waals surface area contributed by atoms with Crippen molar-refractivity contribution >= 4 is 40.6 Å². The van der Waals surface area contributed by atoms with Crippen LogP contribution < -0.4 is 0 Å².